The van der Waals surface area contributed by atoms with E-state index in [0.29, 0.717) is 19.8 Å². The van der Waals surface area contributed by atoms with E-state index >= 15 is 0 Å². The van der Waals surface area contributed by atoms with Crippen LogP contribution in [0.2, 0.25) is 5.02 Å². The Bertz CT molecular complexity index is 549. The van der Waals surface area contributed by atoms with Gasteiger partial charge in [-0.3, -0.25) is 4.79 Å². The molecule has 1 saturated heterocycles. The van der Waals surface area contributed by atoms with Gasteiger partial charge in [0.1, 0.15) is 5.75 Å². The van der Waals surface area contributed by atoms with Crippen LogP contribution in [0.5, 0.6) is 5.75 Å². The molecule has 1 heterocycles. The van der Waals surface area contributed by atoms with E-state index in [0.717, 1.165) is 0 Å². The summed E-state index contributed by atoms with van der Waals surface area (Å²) in [6.45, 7) is 0.187. The molecular formula is C14H16ClF3N2O3. The fourth-order valence-electron chi connectivity index (χ4n) is 2.06. The third-order valence-corrected chi connectivity index (χ3v) is 3.27. The molecule has 1 aliphatic heterocycles. The zero-order valence-corrected chi connectivity index (χ0v) is 12.8. The second kappa shape index (κ2) is 7.85. The van der Waals surface area contributed by atoms with Crippen LogP contribution in [0.15, 0.2) is 18.2 Å². The minimum Gasteiger partial charge on any atom is -0.482 e. The van der Waals surface area contributed by atoms with E-state index in [1.165, 1.54) is 18.2 Å². The Morgan fingerprint density at radius 3 is 2.91 bits per heavy atom. The van der Waals surface area contributed by atoms with Crippen molar-refractivity contribution >= 4 is 23.2 Å². The number of anilines is 1. The second-order valence-corrected chi connectivity index (χ2v) is 5.46. The summed E-state index contributed by atoms with van der Waals surface area (Å²) in [7, 11) is 0. The molecule has 1 fully saturated rings. The van der Waals surface area contributed by atoms with Crippen molar-refractivity contribution in [2.24, 2.45) is 0 Å². The molecule has 23 heavy (non-hydrogen) atoms. The number of hydrogen-bond donors (Lipinski definition) is 2. The van der Waals surface area contributed by atoms with E-state index < -0.39 is 12.8 Å². The van der Waals surface area contributed by atoms with Gasteiger partial charge >= 0.3 is 6.18 Å². The maximum Gasteiger partial charge on any atom is 0.422 e. The van der Waals surface area contributed by atoms with Crippen molar-refractivity contribution in [2.45, 2.75) is 18.6 Å². The highest BCUT2D eigenvalue weighted by Crippen LogP contribution is 2.29. The summed E-state index contributed by atoms with van der Waals surface area (Å²) in [4.78, 5) is 12.0. The fraction of sp³-hybridized carbons (Fsp3) is 0.500. The number of benzene rings is 1. The van der Waals surface area contributed by atoms with Gasteiger partial charge in [0.2, 0.25) is 5.91 Å². The van der Waals surface area contributed by atoms with E-state index in [2.05, 4.69) is 10.6 Å². The smallest absolute Gasteiger partial charge is 0.422 e. The molecule has 1 unspecified atom stereocenters. The first kappa shape index (κ1) is 17.8. The number of nitrogens with one attached hydrogen (secondary N) is 2. The van der Waals surface area contributed by atoms with Gasteiger partial charge < -0.3 is 20.1 Å². The van der Waals surface area contributed by atoms with Crippen LogP contribution in [0, 0.1) is 0 Å². The first-order chi connectivity index (χ1) is 10.8. The standard InChI is InChI=1S/C14H16ClF3N2O3/c15-9-1-2-12(23-8-14(16,17)18)11(5-9)20-13(21)6-10-7-22-4-3-19-10/h1-2,5,10,19H,3-4,6-8H2,(H,20,21). The topological polar surface area (TPSA) is 59.6 Å². The van der Waals surface area contributed by atoms with E-state index in [-0.39, 0.29) is 34.8 Å². The van der Waals surface area contributed by atoms with Crippen molar-refractivity contribution in [2.75, 3.05) is 31.7 Å². The number of amides is 1. The summed E-state index contributed by atoms with van der Waals surface area (Å²) in [5, 5.41) is 5.92. The first-order valence-corrected chi connectivity index (χ1v) is 7.31. The second-order valence-electron chi connectivity index (χ2n) is 5.02. The van der Waals surface area contributed by atoms with Crippen molar-refractivity contribution in [1.82, 2.24) is 5.32 Å². The molecule has 0 bridgehead atoms. The Labute approximate surface area is 136 Å². The highest BCUT2D eigenvalue weighted by molar-refractivity contribution is 6.31. The average molecular weight is 353 g/mol. The van der Waals surface area contributed by atoms with Crippen LogP contribution in [0.1, 0.15) is 6.42 Å². The van der Waals surface area contributed by atoms with Crippen molar-refractivity contribution in [3.63, 3.8) is 0 Å². The normalized spacial score (nSPS) is 18.5. The Morgan fingerprint density at radius 1 is 1.48 bits per heavy atom. The van der Waals surface area contributed by atoms with Crippen LogP contribution in [0.3, 0.4) is 0 Å². The largest absolute Gasteiger partial charge is 0.482 e. The van der Waals surface area contributed by atoms with Crippen LogP contribution in [-0.4, -0.2) is 44.5 Å². The maximum absolute atomic E-state index is 12.3. The first-order valence-electron chi connectivity index (χ1n) is 6.93. The highest BCUT2D eigenvalue weighted by atomic mass is 35.5. The van der Waals surface area contributed by atoms with Crippen LogP contribution in [0.25, 0.3) is 0 Å². The Kier molecular flexibility index (Phi) is 6.09. The Hall–Kier alpha value is -1.51. The number of halogens is 4. The summed E-state index contributed by atoms with van der Waals surface area (Å²) in [5.41, 5.74) is 0.100. The monoisotopic (exact) mass is 352 g/mol. The maximum atomic E-state index is 12.3. The lowest BCUT2D eigenvalue weighted by molar-refractivity contribution is -0.153. The van der Waals surface area contributed by atoms with Gasteiger partial charge in [-0.15, -0.1) is 0 Å². The summed E-state index contributed by atoms with van der Waals surface area (Å²) < 4.78 is 46.7. The van der Waals surface area contributed by atoms with Crippen LogP contribution in [-0.2, 0) is 9.53 Å². The molecule has 1 amide bonds. The Morgan fingerprint density at radius 2 is 2.26 bits per heavy atom. The quantitative estimate of drug-likeness (QED) is 0.855. The number of rotatable bonds is 5. The molecule has 1 atom stereocenters. The van der Waals surface area contributed by atoms with Crippen LogP contribution in [0.4, 0.5) is 18.9 Å². The van der Waals surface area contributed by atoms with E-state index in [4.69, 9.17) is 21.1 Å². The van der Waals surface area contributed by atoms with Gasteiger partial charge in [-0.25, -0.2) is 0 Å². The number of carbonyl (C=O) groups is 1. The minimum absolute atomic E-state index is 0.0899. The molecule has 1 aromatic rings. The summed E-state index contributed by atoms with van der Waals surface area (Å²) >= 11 is 5.82. The van der Waals surface area contributed by atoms with Gasteiger partial charge in [-0.2, -0.15) is 13.2 Å². The number of alkyl halides is 3. The molecule has 0 radical (unpaired) electrons. The number of carbonyl (C=O) groups excluding carboxylic acids is 1. The van der Waals surface area contributed by atoms with Gasteiger partial charge in [0.05, 0.1) is 18.9 Å². The molecule has 2 rings (SSSR count). The predicted molar refractivity (Wildman–Crippen MR) is 78.9 cm³/mol. The molecule has 128 valence electrons. The van der Waals surface area contributed by atoms with Crippen molar-refractivity contribution in [3.8, 4) is 5.75 Å². The van der Waals surface area contributed by atoms with Crippen molar-refractivity contribution in [3.05, 3.63) is 23.2 Å². The molecule has 0 spiro atoms. The van der Waals surface area contributed by atoms with Gasteiger partial charge in [0.15, 0.2) is 6.61 Å². The molecule has 9 heteroatoms. The summed E-state index contributed by atoms with van der Waals surface area (Å²) in [6.07, 6.45) is -4.34. The van der Waals surface area contributed by atoms with Crippen molar-refractivity contribution in [1.29, 1.82) is 0 Å². The third kappa shape index (κ3) is 6.25. The van der Waals surface area contributed by atoms with Crippen LogP contribution >= 0.6 is 11.6 Å². The molecule has 1 aromatic carbocycles. The number of ether oxygens (including phenoxy) is 2. The highest BCUT2D eigenvalue weighted by Gasteiger charge is 2.29. The number of morpholine rings is 1. The molecule has 0 aromatic heterocycles. The van der Waals surface area contributed by atoms with Gasteiger partial charge in [0, 0.05) is 24.0 Å². The van der Waals surface area contributed by atoms with Gasteiger partial charge in [-0.05, 0) is 18.2 Å². The molecular weight excluding hydrogens is 337 g/mol. The van der Waals surface area contributed by atoms with Crippen LogP contribution < -0.4 is 15.4 Å². The SMILES string of the molecule is O=C(CC1COCCN1)Nc1cc(Cl)ccc1OCC(F)(F)F. The molecule has 0 aliphatic carbocycles. The summed E-state index contributed by atoms with van der Waals surface area (Å²) in [6, 6.07) is 3.88. The molecule has 0 saturated carbocycles. The van der Waals surface area contributed by atoms with Crippen molar-refractivity contribution < 1.29 is 27.4 Å². The minimum atomic E-state index is -4.47. The molecule has 1 aliphatic rings. The zero-order chi connectivity index (χ0) is 16.9. The summed E-state index contributed by atoms with van der Waals surface area (Å²) in [5.74, 6) is -0.458. The van der Waals surface area contributed by atoms with E-state index in [9.17, 15) is 18.0 Å². The Balaban J connectivity index is 1.99. The molecule has 5 nitrogen and oxygen atoms in total. The zero-order valence-electron chi connectivity index (χ0n) is 12.1. The van der Waals surface area contributed by atoms with E-state index in [1.807, 2.05) is 0 Å². The third-order valence-electron chi connectivity index (χ3n) is 3.04. The lowest BCUT2D eigenvalue weighted by Crippen LogP contribution is -2.43. The van der Waals surface area contributed by atoms with E-state index in [1.54, 1.807) is 0 Å². The lowest BCUT2D eigenvalue weighted by atomic mass is 10.2. The fourth-order valence-corrected chi connectivity index (χ4v) is 2.23. The average Bonchev–Trinajstić information content (AvgIpc) is 2.46. The lowest BCUT2D eigenvalue weighted by Gasteiger charge is -2.23. The predicted octanol–water partition coefficient (Wildman–Crippen LogP) is 2.60. The van der Waals surface area contributed by atoms with Gasteiger partial charge in [-0.1, -0.05) is 11.6 Å². The molecule has 2 N–H and O–H groups in total. The number of hydrogen-bond acceptors (Lipinski definition) is 4. The van der Waals surface area contributed by atoms with Gasteiger partial charge in [0.25, 0.3) is 0 Å².